The highest BCUT2D eigenvalue weighted by molar-refractivity contribution is 5.89. The van der Waals surface area contributed by atoms with Crippen LogP contribution in [0, 0.1) is 12.8 Å². The zero-order valence-electron chi connectivity index (χ0n) is 10.1. The maximum Gasteiger partial charge on any atom is 0.319 e. The molecule has 0 saturated heterocycles. The molecule has 0 bridgehead atoms. The number of anilines is 1. The largest absolute Gasteiger partial charge is 0.481 e. The zero-order valence-corrected chi connectivity index (χ0v) is 10.1. The van der Waals surface area contributed by atoms with Crippen LogP contribution in [0.1, 0.15) is 18.5 Å². The molecule has 0 aliphatic heterocycles. The molecule has 17 heavy (non-hydrogen) atoms. The van der Waals surface area contributed by atoms with Crippen molar-refractivity contribution in [3.63, 3.8) is 0 Å². The maximum atomic E-state index is 11.6. The van der Waals surface area contributed by atoms with E-state index in [4.69, 9.17) is 4.74 Å². The van der Waals surface area contributed by atoms with Crippen molar-refractivity contribution in [1.29, 1.82) is 0 Å². The fourth-order valence-corrected chi connectivity index (χ4v) is 1.51. The van der Waals surface area contributed by atoms with Gasteiger partial charge in [-0.2, -0.15) is 0 Å². The average molecular weight is 235 g/mol. The molecule has 0 spiro atoms. The summed E-state index contributed by atoms with van der Waals surface area (Å²) in [7, 11) is 1.57. The second kappa shape index (κ2) is 5.03. The van der Waals surface area contributed by atoms with Gasteiger partial charge in [-0.1, -0.05) is 0 Å². The SMILES string of the molecule is COc1ccc(NC(=O)NCC2CC2)c(C)n1. The first kappa shape index (κ1) is 11.7. The number of carbonyl (C=O) groups excluding carboxylic acids is 1. The number of methoxy groups -OCH3 is 1. The molecular formula is C12H17N3O2. The number of ether oxygens (including phenoxy) is 1. The first-order chi connectivity index (χ1) is 8.19. The van der Waals surface area contributed by atoms with Crippen LogP contribution in [0.2, 0.25) is 0 Å². The van der Waals surface area contributed by atoms with E-state index in [1.54, 1.807) is 19.2 Å². The standard InChI is InChI=1S/C12H17N3O2/c1-8-10(5-6-11(14-8)17-2)15-12(16)13-7-9-3-4-9/h5-6,9H,3-4,7H2,1-2H3,(H2,13,15,16). The van der Waals surface area contributed by atoms with Crippen molar-refractivity contribution in [2.75, 3.05) is 19.0 Å². The van der Waals surface area contributed by atoms with Crippen LogP contribution in [0.4, 0.5) is 10.5 Å². The monoisotopic (exact) mass is 235 g/mol. The van der Waals surface area contributed by atoms with Gasteiger partial charge in [-0.25, -0.2) is 9.78 Å². The van der Waals surface area contributed by atoms with Crippen LogP contribution in [0.3, 0.4) is 0 Å². The number of nitrogens with one attached hydrogen (secondary N) is 2. The maximum absolute atomic E-state index is 11.6. The number of aromatic nitrogens is 1. The van der Waals surface area contributed by atoms with Crippen LogP contribution in [0.15, 0.2) is 12.1 Å². The molecule has 0 radical (unpaired) electrons. The lowest BCUT2D eigenvalue weighted by Gasteiger charge is -2.09. The molecule has 5 heteroatoms. The Morgan fingerprint density at radius 2 is 2.29 bits per heavy atom. The number of carbonyl (C=O) groups is 1. The molecular weight excluding hydrogens is 218 g/mol. The summed E-state index contributed by atoms with van der Waals surface area (Å²) in [6.07, 6.45) is 2.45. The van der Waals surface area contributed by atoms with E-state index in [1.807, 2.05) is 6.92 Å². The van der Waals surface area contributed by atoms with Crippen molar-refractivity contribution in [1.82, 2.24) is 10.3 Å². The third-order valence-corrected chi connectivity index (χ3v) is 2.77. The van der Waals surface area contributed by atoms with Gasteiger partial charge in [-0.3, -0.25) is 0 Å². The van der Waals surface area contributed by atoms with Gasteiger partial charge in [-0.05, 0) is 31.7 Å². The van der Waals surface area contributed by atoms with Crippen LogP contribution in [-0.4, -0.2) is 24.7 Å². The molecule has 0 unspecified atom stereocenters. The third-order valence-electron chi connectivity index (χ3n) is 2.77. The number of hydrogen-bond donors (Lipinski definition) is 2. The number of rotatable bonds is 4. The summed E-state index contributed by atoms with van der Waals surface area (Å²) in [4.78, 5) is 15.8. The Bertz CT molecular complexity index is 416. The summed E-state index contributed by atoms with van der Waals surface area (Å²) < 4.78 is 5.00. The fourth-order valence-electron chi connectivity index (χ4n) is 1.51. The van der Waals surface area contributed by atoms with Crippen molar-refractivity contribution in [2.45, 2.75) is 19.8 Å². The van der Waals surface area contributed by atoms with Crippen LogP contribution >= 0.6 is 0 Å². The summed E-state index contributed by atoms with van der Waals surface area (Å²) in [5.74, 6) is 1.22. The predicted octanol–water partition coefficient (Wildman–Crippen LogP) is 1.93. The van der Waals surface area contributed by atoms with E-state index >= 15 is 0 Å². The number of nitrogens with zero attached hydrogens (tertiary/aromatic N) is 1. The lowest BCUT2D eigenvalue weighted by molar-refractivity contribution is 0.251. The Hall–Kier alpha value is -1.78. The van der Waals surface area contributed by atoms with Crippen molar-refractivity contribution in [2.24, 2.45) is 5.92 Å². The number of amides is 2. The van der Waals surface area contributed by atoms with Crippen LogP contribution in [0.25, 0.3) is 0 Å². The number of urea groups is 1. The minimum Gasteiger partial charge on any atom is -0.481 e. The van der Waals surface area contributed by atoms with Gasteiger partial charge in [0.15, 0.2) is 0 Å². The highest BCUT2D eigenvalue weighted by Gasteiger charge is 2.21. The highest BCUT2D eigenvalue weighted by atomic mass is 16.5. The van der Waals surface area contributed by atoms with E-state index in [-0.39, 0.29) is 6.03 Å². The molecule has 1 aliphatic rings. The minimum atomic E-state index is -0.174. The van der Waals surface area contributed by atoms with Crippen molar-refractivity contribution in [3.8, 4) is 5.88 Å². The molecule has 92 valence electrons. The first-order valence-corrected chi connectivity index (χ1v) is 5.75. The lowest BCUT2D eigenvalue weighted by atomic mass is 10.3. The second-order valence-corrected chi connectivity index (χ2v) is 4.26. The molecule has 1 fully saturated rings. The third kappa shape index (κ3) is 3.34. The van der Waals surface area contributed by atoms with E-state index in [1.165, 1.54) is 12.8 Å². The van der Waals surface area contributed by atoms with Crippen molar-refractivity contribution < 1.29 is 9.53 Å². The van der Waals surface area contributed by atoms with E-state index in [9.17, 15) is 4.79 Å². The number of hydrogen-bond acceptors (Lipinski definition) is 3. The fraction of sp³-hybridized carbons (Fsp3) is 0.500. The summed E-state index contributed by atoms with van der Waals surface area (Å²) >= 11 is 0. The van der Waals surface area contributed by atoms with Gasteiger partial charge in [0.05, 0.1) is 18.5 Å². The topological polar surface area (TPSA) is 63.2 Å². The van der Waals surface area contributed by atoms with E-state index in [0.29, 0.717) is 17.5 Å². The van der Waals surface area contributed by atoms with E-state index in [2.05, 4.69) is 15.6 Å². The van der Waals surface area contributed by atoms with Gasteiger partial charge in [-0.15, -0.1) is 0 Å². The Morgan fingerprint density at radius 3 is 2.88 bits per heavy atom. The molecule has 0 atom stereocenters. The lowest BCUT2D eigenvalue weighted by Crippen LogP contribution is -2.30. The van der Waals surface area contributed by atoms with Gasteiger partial charge in [0.1, 0.15) is 0 Å². The van der Waals surface area contributed by atoms with Gasteiger partial charge in [0, 0.05) is 12.6 Å². The molecule has 2 rings (SSSR count). The first-order valence-electron chi connectivity index (χ1n) is 5.75. The Labute approximate surface area is 101 Å². The Morgan fingerprint density at radius 1 is 1.53 bits per heavy atom. The molecule has 1 saturated carbocycles. The van der Waals surface area contributed by atoms with E-state index in [0.717, 1.165) is 12.2 Å². The summed E-state index contributed by atoms with van der Waals surface area (Å²) in [6, 6.07) is 3.34. The predicted molar refractivity (Wildman–Crippen MR) is 65.3 cm³/mol. The number of pyridine rings is 1. The summed E-state index contributed by atoms with van der Waals surface area (Å²) in [5, 5.41) is 5.62. The smallest absolute Gasteiger partial charge is 0.319 e. The van der Waals surface area contributed by atoms with Crippen molar-refractivity contribution in [3.05, 3.63) is 17.8 Å². The number of aryl methyl sites for hydroxylation is 1. The van der Waals surface area contributed by atoms with Gasteiger partial charge in [0.2, 0.25) is 5.88 Å². The highest BCUT2D eigenvalue weighted by Crippen LogP contribution is 2.27. The second-order valence-electron chi connectivity index (χ2n) is 4.26. The quantitative estimate of drug-likeness (QED) is 0.838. The molecule has 2 amide bonds. The van der Waals surface area contributed by atoms with Crippen molar-refractivity contribution >= 4 is 11.7 Å². The normalized spacial score (nSPS) is 14.2. The van der Waals surface area contributed by atoms with Gasteiger partial charge < -0.3 is 15.4 Å². The molecule has 1 heterocycles. The zero-order chi connectivity index (χ0) is 12.3. The van der Waals surface area contributed by atoms with Crippen LogP contribution in [0.5, 0.6) is 5.88 Å². The Kier molecular flexibility index (Phi) is 3.46. The van der Waals surface area contributed by atoms with Crippen LogP contribution in [-0.2, 0) is 0 Å². The van der Waals surface area contributed by atoms with Gasteiger partial charge in [0.25, 0.3) is 0 Å². The van der Waals surface area contributed by atoms with E-state index < -0.39 is 0 Å². The van der Waals surface area contributed by atoms with Gasteiger partial charge >= 0.3 is 6.03 Å². The summed E-state index contributed by atoms with van der Waals surface area (Å²) in [6.45, 7) is 2.59. The average Bonchev–Trinajstić information content (AvgIpc) is 3.13. The molecule has 5 nitrogen and oxygen atoms in total. The molecule has 2 N–H and O–H groups in total. The molecule has 1 aromatic heterocycles. The Balaban J connectivity index is 1.90. The molecule has 1 aliphatic carbocycles. The molecule has 1 aromatic rings. The minimum absolute atomic E-state index is 0.174. The molecule has 0 aromatic carbocycles. The summed E-state index contributed by atoms with van der Waals surface area (Å²) in [5.41, 5.74) is 1.45. The van der Waals surface area contributed by atoms with Crippen LogP contribution < -0.4 is 15.4 Å².